The van der Waals surface area contributed by atoms with Crippen LogP contribution >= 0.6 is 15.9 Å². The summed E-state index contributed by atoms with van der Waals surface area (Å²) < 4.78 is -0.285. The maximum Gasteiger partial charge on any atom is 0.236 e. The summed E-state index contributed by atoms with van der Waals surface area (Å²) in [5, 5.41) is 2.72. The molecule has 1 aliphatic rings. The van der Waals surface area contributed by atoms with E-state index in [1.54, 1.807) is 0 Å². The molecule has 0 aromatic heterocycles. The zero-order chi connectivity index (χ0) is 6.20. The summed E-state index contributed by atoms with van der Waals surface area (Å²) in [4.78, 5) is 10.7. The van der Waals surface area contributed by atoms with E-state index in [2.05, 4.69) is 21.2 Å². The van der Waals surface area contributed by atoms with Crippen molar-refractivity contribution in [3.8, 4) is 0 Å². The normalized spacial score (nSPS) is 37.5. The summed E-state index contributed by atoms with van der Waals surface area (Å²) in [6.45, 7) is 2.69. The molecule has 0 aromatic rings. The molecule has 0 aliphatic carbocycles. The minimum Gasteiger partial charge on any atom is -0.355 e. The number of amides is 1. The zero-order valence-corrected chi connectivity index (χ0v) is 6.29. The molecule has 0 saturated carbocycles. The molecule has 46 valence electrons. The third-order valence-electron chi connectivity index (χ3n) is 1.35. The Morgan fingerprint density at radius 3 is 2.62 bits per heavy atom. The monoisotopic (exact) mass is 177 g/mol. The molecule has 2 nitrogen and oxygen atoms in total. The van der Waals surface area contributed by atoms with E-state index in [0.717, 1.165) is 13.0 Å². The second-order valence-electron chi connectivity index (χ2n) is 2.20. The third kappa shape index (κ3) is 0.869. The van der Waals surface area contributed by atoms with E-state index in [1.165, 1.54) is 0 Å². The highest BCUT2D eigenvalue weighted by molar-refractivity contribution is 9.10. The molecule has 0 radical (unpaired) electrons. The van der Waals surface area contributed by atoms with Crippen LogP contribution < -0.4 is 5.32 Å². The van der Waals surface area contributed by atoms with Crippen LogP contribution in [0.15, 0.2) is 0 Å². The molecule has 1 fully saturated rings. The Hall–Kier alpha value is -0.0500. The van der Waals surface area contributed by atoms with Crippen molar-refractivity contribution in [2.75, 3.05) is 6.54 Å². The highest BCUT2D eigenvalue weighted by Gasteiger charge is 2.34. The van der Waals surface area contributed by atoms with Gasteiger partial charge in [0.2, 0.25) is 5.91 Å². The lowest BCUT2D eigenvalue weighted by Crippen LogP contribution is -2.28. The van der Waals surface area contributed by atoms with Gasteiger partial charge in [-0.05, 0) is 13.3 Å². The van der Waals surface area contributed by atoms with Gasteiger partial charge >= 0.3 is 0 Å². The van der Waals surface area contributed by atoms with Crippen molar-refractivity contribution in [3.63, 3.8) is 0 Å². The van der Waals surface area contributed by atoms with E-state index in [-0.39, 0.29) is 10.2 Å². The minimum absolute atomic E-state index is 0.109. The van der Waals surface area contributed by atoms with Gasteiger partial charge < -0.3 is 5.32 Å². The van der Waals surface area contributed by atoms with Crippen LogP contribution in [-0.2, 0) is 4.79 Å². The summed E-state index contributed by atoms with van der Waals surface area (Å²) in [6, 6.07) is 0. The first-order valence-corrected chi connectivity index (χ1v) is 3.39. The fourth-order valence-corrected chi connectivity index (χ4v) is 1.05. The fourth-order valence-electron chi connectivity index (χ4n) is 0.709. The average molecular weight is 178 g/mol. The summed E-state index contributed by atoms with van der Waals surface area (Å²) in [5.41, 5.74) is 0. The van der Waals surface area contributed by atoms with Crippen molar-refractivity contribution in [1.82, 2.24) is 5.32 Å². The molecule has 1 atom stereocenters. The molecule has 1 unspecified atom stereocenters. The van der Waals surface area contributed by atoms with Crippen LogP contribution in [0, 0.1) is 0 Å². The lowest BCUT2D eigenvalue weighted by atomic mass is 10.1. The van der Waals surface area contributed by atoms with Crippen LogP contribution in [0.3, 0.4) is 0 Å². The maximum absolute atomic E-state index is 10.7. The van der Waals surface area contributed by atoms with Crippen molar-refractivity contribution >= 4 is 21.8 Å². The first-order chi connectivity index (χ1) is 3.63. The van der Waals surface area contributed by atoms with Gasteiger partial charge in [-0.1, -0.05) is 15.9 Å². The maximum atomic E-state index is 10.7. The molecule has 8 heavy (non-hydrogen) atoms. The highest BCUT2D eigenvalue weighted by Crippen LogP contribution is 2.24. The van der Waals surface area contributed by atoms with Gasteiger partial charge in [0.05, 0.1) is 0 Å². The van der Waals surface area contributed by atoms with Crippen LogP contribution in [-0.4, -0.2) is 16.8 Å². The van der Waals surface area contributed by atoms with E-state index < -0.39 is 0 Å². The predicted octanol–water partition coefficient (Wildman–Crippen LogP) is 0.660. The van der Waals surface area contributed by atoms with Crippen LogP contribution in [0.25, 0.3) is 0 Å². The van der Waals surface area contributed by atoms with Gasteiger partial charge in [-0.3, -0.25) is 4.79 Å². The second kappa shape index (κ2) is 1.72. The first-order valence-electron chi connectivity index (χ1n) is 2.60. The van der Waals surface area contributed by atoms with E-state index in [9.17, 15) is 4.79 Å². The Balaban J connectivity index is 2.68. The number of nitrogens with one attached hydrogen (secondary N) is 1. The number of carbonyl (C=O) groups is 1. The lowest BCUT2D eigenvalue weighted by Gasteiger charge is -2.07. The van der Waals surface area contributed by atoms with Crippen LogP contribution in [0.2, 0.25) is 0 Å². The SMILES string of the molecule is CC1(Br)CCNC1=O. The van der Waals surface area contributed by atoms with Crippen LogP contribution in [0.4, 0.5) is 0 Å². The quantitative estimate of drug-likeness (QED) is 0.542. The Bertz CT molecular complexity index is 122. The van der Waals surface area contributed by atoms with E-state index >= 15 is 0 Å². The highest BCUT2D eigenvalue weighted by atomic mass is 79.9. The summed E-state index contributed by atoms with van der Waals surface area (Å²) >= 11 is 3.30. The van der Waals surface area contributed by atoms with Crippen molar-refractivity contribution < 1.29 is 4.79 Å². The number of rotatable bonds is 0. The Kier molecular flexibility index (Phi) is 1.31. The molecule has 1 aliphatic heterocycles. The smallest absolute Gasteiger partial charge is 0.236 e. The fraction of sp³-hybridized carbons (Fsp3) is 0.800. The summed E-state index contributed by atoms with van der Waals surface area (Å²) in [7, 11) is 0. The number of alkyl halides is 1. The molecular formula is C5H8BrNO. The Morgan fingerprint density at radius 1 is 1.88 bits per heavy atom. The lowest BCUT2D eigenvalue weighted by molar-refractivity contribution is -0.120. The second-order valence-corrected chi connectivity index (χ2v) is 3.95. The summed E-state index contributed by atoms with van der Waals surface area (Å²) in [6.07, 6.45) is 0.895. The third-order valence-corrected chi connectivity index (χ3v) is 2.11. The van der Waals surface area contributed by atoms with Crippen molar-refractivity contribution in [3.05, 3.63) is 0 Å². The van der Waals surface area contributed by atoms with Crippen molar-refractivity contribution in [2.45, 2.75) is 17.7 Å². The molecule has 0 spiro atoms. The van der Waals surface area contributed by atoms with E-state index in [1.807, 2.05) is 6.92 Å². The zero-order valence-electron chi connectivity index (χ0n) is 4.70. The Morgan fingerprint density at radius 2 is 2.50 bits per heavy atom. The van der Waals surface area contributed by atoms with Gasteiger partial charge in [0.25, 0.3) is 0 Å². The van der Waals surface area contributed by atoms with Gasteiger partial charge in [-0.15, -0.1) is 0 Å². The van der Waals surface area contributed by atoms with E-state index in [4.69, 9.17) is 0 Å². The molecule has 1 N–H and O–H groups in total. The molecular weight excluding hydrogens is 170 g/mol. The average Bonchev–Trinajstić information content (AvgIpc) is 1.86. The van der Waals surface area contributed by atoms with Gasteiger partial charge in [0, 0.05) is 6.54 Å². The first kappa shape index (κ1) is 6.08. The number of hydrogen-bond acceptors (Lipinski definition) is 1. The van der Waals surface area contributed by atoms with Gasteiger partial charge in [-0.2, -0.15) is 0 Å². The standard InChI is InChI=1S/C5H8BrNO/c1-5(6)2-3-7-4(5)8/h2-3H2,1H3,(H,7,8). The number of carbonyl (C=O) groups excluding carboxylic acids is 1. The predicted molar refractivity (Wildman–Crippen MR) is 35.0 cm³/mol. The number of halogens is 1. The number of hydrogen-bond donors (Lipinski definition) is 1. The molecule has 3 heteroatoms. The van der Waals surface area contributed by atoms with Crippen molar-refractivity contribution in [1.29, 1.82) is 0 Å². The Labute approximate surface area is 56.8 Å². The molecule has 1 heterocycles. The summed E-state index contributed by atoms with van der Waals surface area (Å²) in [5.74, 6) is 0.109. The molecule has 1 saturated heterocycles. The van der Waals surface area contributed by atoms with Gasteiger partial charge in [0.15, 0.2) is 0 Å². The van der Waals surface area contributed by atoms with Gasteiger partial charge in [-0.25, -0.2) is 0 Å². The topological polar surface area (TPSA) is 29.1 Å². The van der Waals surface area contributed by atoms with Crippen LogP contribution in [0.5, 0.6) is 0 Å². The van der Waals surface area contributed by atoms with Crippen molar-refractivity contribution in [2.24, 2.45) is 0 Å². The minimum atomic E-state index is -0.285. The van der Waals surface area contributed by atoms with E-state index in [0.29, 0.717) is 0 Å². The van der Waals surface area contributed by atoms with Crippen LogP contribution in [0.1, 0.15) is 13.3 Å². The molecule has 1 amide bonds. The molecule has 0 aromatic carbocycles. The molecule has 1 rings (SSSR count). The largest absolute Gasteiger partial charge is 0.355 e. The molecule has 0 bridgehead atoms. The van der Waals surface area contributed by atoms with Gasteiger partial charge in [0.1, 0.15) is 4.32 Å².